The highest BCUT2D eigenvalue weighted by molar-refractivity contribution is 7.93. The summed E-state index contributed by atoms with van der Waals surface area (Å²) in [5, 5.41) is 0.499. The Morgan fingerprint density at radius 3 is 2.29 bits per heavy atom. The summed E-state index contributed by atoms with van der Waals surface area (Å²) in [5.41, 5.74) is 1.33. The predicted octanol–water partition coefficient (Wildman–Crippen LogP) is 5.96. The number of anilines is 1. The number of sulfonamides is 1. The highest BCUT2D eigenvalue weighted by Gasteiger charge is 2.29. The van der Waals surface area contributed by atoms with Gasteiger partial charge in [0, 0.05) is 5.02 Å². The molecule has 0 unspecified atom stereocenters. The monoisotopic (exact) mass is 477 g/mol. The first-order chi connectivity index (χ1) is 14.8. The smallest absolute Gasteiger partial charge is 0.338 e. The van der Waals surface area contributed by atoms with Crippen LogP contribution in [0.15, 0.2) is 77.7 Å². The Labute approximate surface area is 192 Å². The maximum Gasteiger partial charge on any atom is 0.338 e. The molecule has 3 aromatic rings. The van der Waals surface area contributed by atoms with Crippen LogP contribution in [0.25, 0.3) is 0 Å². The van der Waals surface area contributed by atoms with Crippen molar-refractivity contribution in [2.75, 3.05) is 10.9 Å². The van der Waals surface area contributed by atoms with E-state index in [1.54, 1.807) is 24.3 Å². The fourth-order valence-corrected chi connectivity index (χ4v) is 4.98. The molecule has 0 saturated carbocycles. The zero-order chi connectivity index (χ0) is 22.4. The average molecular weight is 478 g/mol. The molecule has 8 heteroatoms. The second kappa shape index (κ2) is 10.2. The minimum atomic E-state index is -4.12. The molecule has 0 fully saturated rings. The number of carbonyl (C=O) groups is 1. The van der Waals surface area contributed by atoms with Crippen LogP contribution in [0, 0.1) is 0 Å². The van der Waals surface area contributed by atoms with Crippen LogP contribution in [0.5, 0.6) is 0 Å². The van der Waals surface area contributed by atoms with Crippen LogP contribution in [0.3, 0.4) is 0 Å². The van der Waals surface area contributed by atoms with Gasteiger partial charge in [-0.15, -0.1) is 0 Å². The lowest BCUT2D eigenvalue weighted by atomic mass is 10.2. The van der Waals surface area contributed by atoms with E-state index in [9.17, 15) is 13.2 Å². The first-order valence-electron chi connectivity index (χ1n) is 9.62. The first kappa shape index (κ1) is 23.1. The van der Waals surface area contributed by atoms with Crippen LogP contribution in [-0.2, 0) is 21.3 Å². The van der Waals surface area contributed by atoms with Crippen LogP contribution < -0.4 is 4.31 Å². The molecule has 0 aromatic heterocycles. The molecule has 0 aliphatic heterocycles. The summed E-state index contributed by atoms with van der Waals surface area (Å²) >= 11 is 12.3. The number of hydrogen-bond acceptors (Lipinski definition) is 4. The Morgan fingerprint density at radius 2 is 1.65 bits per heavy atom. The fourth-order valence-electron chi connectivity index (χ4n) is 2.90. The molecule has 162 valence electrons. The van der Waals surface area contributed by atoms with E-state index in [-0.39, 0.29) is 28.6 Å². The van der Waals surface area contributed by atoms with Gasteiger partial charge in [0.2, 0.25) is 0 Å². The van der Waals surface area contributed by atoms with Gasteiger partial charge < -0.3 is 4.74 Å². The van der Waals surface area contributed by atoms with Gasteiger partial charge in [0.25, 0.3) is 10.0 Å². The number of rotatable bonds is 8. The summed E-state index contributed by atoms with van der Waals surface area (Å²) < 4.78 is 33.7. The Balaban J connectivity index is 2.07. The van der Waals surface area contributed by atoms with Crippen molar-refractivity contribution in [1.82, 2.24) is 0 Å². The van der Waals surface area contributed by atoms with E-state index >= 15 is 0 Å². The maximum absolute atomic E-state index is 13.7. The summed E-state index contributed by atoms with van der Waals surface area (Å²) in [7, 11) is -4.12. The Morgan fingerprint density at radius 1 is 0.968 bits per heavy atom. The molecule has 3 rings (SSSR count). The molecule has 0 radical (unpaired) electrons. The minimum Gasteiger partial charge on any atom is -0.462 e. The molecule has 0 N–H and O–H groups in total. The molecule has 0 saturated heterocycles. The fraction of sp³-hybridized carbons (Fsp3) is 0.174. The van der Waals surface area contributed by atoms with E-state index < -0.39 is 16.0 Å². The number of ether oxygens (including phenoxy) is 1. The first-order valence-corrected chi connectivity index (χ1v) is 11.8. The maximum atomic E-state index is 13.7. The van der Waals surface area contributed by atoms with Gasteiger partial charge in [0.1, 0.15) is 4.90 Å². The van der Waals surface area contributed by atoms with Gasteiger partial charge in [0.15, 0.2) is 0 Å². The molecule has 0 heterocycles. The van der Waals surface area contributed by atoms with E-state index in [0.29, 0.717) is 17.1 Å². The highest BCUT2D eigenvalue weighted by atomic mass is 35.5. The van der Waals surface area contributed by atoms with Crippen molar-refractivity contribution in [1.29, 1.82) is 0 Å². The van der Waals surface area contributed by atoms with E-state index in [4.69, 9.17) is 27.9 Å². The lowest BCUT2D eigenvalue weighted by Gasteiger charge is -2.25. The SMILES string of the molecule is CCCOC(=O)c1ccc(Cl)c(S(=O)(=O)N(Cc2ccccc2)c2ccc(Cl)cc2)c1. The molecule has 0 aliphatic rings. The predicted molar refractivity (Wildman–Crippen MR) is 123 cm³/mol. The molecule has 0 bridgehead atoms. The van der Waals surface area contributed by atoms with Crippen molar-refractivity contribution in [2.45, 2.75) is 24.8 Å². The highest BCUT2D eigenvalue weighted by Crippen LogP contribution is 2.31. The summed E-state index contributed by atoms with van der Waals surface area (Å²) in [6.07, 6.45) is 0.659. The zero-order valence-corrected chi connectivity index (χ0v) is 19.1. The Kier molecular flexibility index (Phi) is 7.59. The number of hydrogen-bond donors (Lipinski definition) is 0. The number of halogens is 2. The topological polar surface area (TPSA) is 63.7 Å². The second-order valence-electron chi connectivity index (χ2n) is 6.75. The number of carbonyl (C=O) groups excluding carboxylic acids is 1. The van der Waals surface area contributed by atoms with Crippen LogP contribution in [-0.4, -0.2) is 21.0 Å². The van der Waals surface area contributed by atoms with Gasteiger partial charge in [-0.3, -0.25) is 4.31 Å². The van der Waals surface area contributed by atoms with Crippen LogP contribution in [0.4, 0.5) is 5.69 Å². The molecule has 31 heavy (non-hydrogen) atoms. The van der Waals surface area contributed by atoms with Crippen molar-refractivity contribution in [3.8, 4) is 0 Å². The number of benzene rings is 3. The van der Waals surface area contributed by atoms with Crippen LogP contribution in [0.2, 0.25) is 10.0 Å². The van der Waals surface area contributed by atoms with Gasteiger partial charge in [-0.2, -0.15) is 0 Å². The Bertz CT molecular complexity index is 1150. The lowest BCUT2D eigenvalue weighted by molar-refractivity contribution is 0.0505. The average Bonchev–Trinajstić information content (AvgIpc) is 2.77. The third-order valence-electron chi connectivity index (χ3n) is 4.46. The quantitative estimate of drug-likeness (QED) is 0.375. The minimum absolute atomic E-state index is 0.0130. The van der Waals surface area contributed by atoms with Crippen LogP contribution in [0.1, 0.15) is 29.3 Å². The lowest BCUT2D eigenvalue weighted by Crippen LogP contribution is -2.31. The summed E-state index contributed by atoms with van der Waals surface area (Å²) in [5.74, 6) is -0.601. The summed E-state index contributed by atoms with van der Waals surface area (Å²) in [4.78, 5) is 12.1. The standard InChI is InChI=1S/C23H21Cl2NO4S/c1-2-14-30-23(27)18-8-13-21(25)22(15-18)31(28,29)26(16-17-6-4-3-5-7-17)20-11-9-19(24)10-12-20/h3-13,15H,2,14,16H2,1H3. The van der Waals surface area contributed by atoms with E-state index in [1.807, 2.05) is 37.3 Å². The Hall–Kier alpha value is -2.54. The largest absolute Gasteiger partial charge is 0.462 e. The molecule has 0 aliphatic carbocycles. The van der Waals surface area contributed by atoms with Crippen LogP contribution >= 0.6 is 23.2 Å². The molecular weight excluding hydrogens is 457 g/mol. The van der Waals surface area contributed by atoms with E-state index in [1.165, 1.54) is 22.5 Å². The molecule has 0 atom stereocenters. The van der Waals surface area contributed by atoms with Gasteiger partial charge in [0.05, 0.1) is 29.4 Å². The molecule has 0 spiro atoms. The van der Waals surface area contributed by atoms with Crippen molar-refractivity contribution >= 4 is 44.9 Å². The third kappa shape index (κ3) is 5.58. The van der Waals surface area contributed by atoms with Gasteiger partial charge in [-0.1, -0.05) is 60.5 Å². The van der Waals surface area contributed by atoms with E-state index in [2.05, 4.69) is 0 Å². The van der Waals surface area contributed by atoms with Crippen molar-refractivity contribution < 1.29 is 17.9 Å². The van der Waals surface area contributed by atoms with Gasteiger partial charge in [-0.05, 0) is 54.4 Å². The second-order valence-corrected chi connectivity index (χ2v) is 9.43. The van der Waals surface area contributed by atoms with Crippen molar-refractivity contribution in [2.24, 2.45) is 0 Å². The van der Waals surface area contributed by atoms with Gasteiger partial charge in [-0.25, -0.2) is 13.2 Å². The molecular formula is C23H21Cl2NO4S. The summed E-state index contributed by atoms with van der Waals surface area (Å²) in [6, 6.07) is 19.7. The zero-order valence-electron chi connectivity index (χ0n) is 16.8. The molecule has 3 aromatic carbocycles. The van der Waals surface area contributed by atoms with Crippen molar-refractivity contribution in [3.05, 3.63) is 94.0 Å². The third-order valence-corrected chi connectivity index (χ3v) is 6.96. The van der Waals surface area contributed by atoms with Crippen molar-refractivity contribution in [3.63, 3.8) is 0 Å². The van der Waals surface area contributed by atoms with Gasteiger partial charge >= 0.3 is 5.97 Å². The number of nitrogens with zero attached hydrogens (tertiary/aromatic N) is 1. The normalized spacial score (nSPS) is 11.2. The van der Waals surface area contributed by atoms with E-state index in [0.717, 1.165) is 5.56 Å². The number of esters is 1. The molecule has 0 amide bonds. The summed E-state index contributed by atoms with van der Waals surface area (Å²) in [6.45, 7) is 2.19. The molecule has 5 nitrogen and oxygen atoms in total.